The molecule has 50 valence electrons. The van der Waals surface area contributed by atoms with Gasteiger partial charge in [-0.2, -0.15) is 0 Å². The first kappa shape index (κ1) is 12.7. The Kier molecular flexibility index (Phi) is 12.8. The Morgan fingerprint density at radius 3 is 2.56 bits per heavy atom. The Morgan fingerprint density at radius 1 is 1.67 bits per heavy atom. The van der Waals surface area contributed by atoms with E-state index in [-0.39, 0.29) is 35.3 Å². The summed E-state index contributed by atoms with van der Waals surface area (Å²) in [4.78, 5) is 0. The number of rotatable bonds is 4. The van der Waals surface area contributed by atoms with Crippen molar-refractivity contribution in [1.29, 1.82) is 0 Å². The van der Waals surface area contributed by atoms with E-state index in [0.717, 1.165) is 0 Å². The molecule has 0 aromatic rings. The molecule has 1 atom stereocenters. The fraction of sp³-hybridized carbons (Fsp3) is 1.00. The first-order valence-electron chi connectivity index (χ1n) is 2.32. The van der Waals surface area contributed by atoms with Crippen molar-refractivity contribution in [2.24, 2.45) is 0 Å². The molecule has 0 bridgehead atoms. The maximum absolute atomic E-state index is 9.82. The molecule has 0 saturated heterocycles. The van der Waals surface area contributed by atoms with Crippen molar-refractivity contribution in [2.45, 2.75) is 6.42 Å². The minimum Gasteiger partial charge on any atom is -0.772 e. The molecule has 0 saturated carbocycles. The molecule has 5 heteroatoms. The van der Waals surface area contributed by atoms with Crippen LogP contribution in [0.2, 0.25) is 0 Å². The fourth-order valence-electron chi connectivity index (χ4n) is 0.321. The Morgan fingerprint density at radius 2 is 2.22 bits per heavy atom. The van der Waals surface area contributed by atoms with Gasteiger partial charge in [-0.1, -0.05) is 11.1 Å². The van der Waals surface area contributed by atoms with Gasteiger partial charge in [0.05, 0.1) is 0 Å². The molecule has 0 aliphatic heterocycles. The molecule has 0 heterocycles. The number of hydrogen-bond acceptors (Lipinski definition) is 3. The molecule has 0 aliphatic carbocycles. The maximum atomic E-state index is 9.82. The third kappa shape index (κ3) is 12.3. The summed E-state index contributed by atoms with van der Waals surface area (Å²) in [6.45, 7) is 0.522. The van der Waals surface area contributed by atoms with Gasteiger partial charge in [0.2, 0.25) is 0 Å². The molecule has 0 amide bonds. The normalized spacial score (nSPS) is 12.2. The molecular weight excluding hydrogens is 151 g/mol. The van der Waals surface area contributed by atoms with E-state index in [1.807, 2.05) is 0 Å². The predicted molar refractivity (Wildman–Crippen MR) is 30.3 cm³/mol. The Balaban J connectivity index is 0. The van der Waals surface area contributed by atoms with Gasteiger partial charge in [0.15, 0.2) is 0 Å². The van der Waals surface area contributed by atoms with Crippen molar-refractivity contribution < 1.29 is 43.1 Å². The third-order valence-electron chi connectivity index (χ3n) is 0.659. The fourth-order valence-corrected chi connectivity index (χ4v) is 0.675. The smallest absolute Gasteiger partial charge is 0.772 e. The number of ether oxygens (including phenoxy) is 1. The second kappa shape index (κ2) is 9.07. The van der Waals surface area contributed by atoms with Crippen molar-refractivity contribution >= 4 is 11.1 Å². The van der Waals surface area contributed by atoms with Gasteiger partial charge in [-0.15, -0.1) is 0 Å². The Labute approximate surface area is 79.7 Å². The molecule has 1 unspecified atom stereocenters. The van der Waals surface area contributed by atoms with Crippen molar-refractivity contribution in [3.05, 3.63) is 0 Å². The summed E-state index contributed by atoms with van der Waals surface area (Å²) in [5.74, 6) is 0.202. The van der Waals surface area contributed by atoms with Gasteiger partial charge < -0.3 is 9.29 Å². The minimum absolute atomic E-state index is 0. The first-order chi connectivity index (χ1) is 3.77. The molecule has 0 N–H and O–H groups in total. The van der Waals surface area contributed by atoms with Gasteiger partial charge in [-0.25, -0.2) is 0 Å². The molecule has 0 aromatic heterocycles. The molecule has 0 fully saturated rings. The summed E-state index contributed by atoms with van der Waals surface area (Å²) in [7, 11) is 1.55. The average molecular weight is 160 g/mol. The topological polar surface area (TPSA) is 49.4 Å². The third-order valence-corrected chi connectivity index (χ3v) is 1.28. The van der Waals surface area contributed by atoms with Crippen molar-refractivity contribution in [2.75, 3.05) is 19.5 Å². The zero-order valence-corrected chi connectivity index (χ0v) is 8.57. The van der Waals surface area contributed by atoms with Crippen LogP contribution in [-0.4, -0.2) is 28.2 Å². The van der Waals surface area contributed by atoms with Crippen LogP contribution in [0.25, 0.3) is 0 Å². The Bertz CT molecular complexity index is 78.2. The van der Waals surface area contributed by atoms with Crippen LogP contribution in [0.1, 0.15) is 6.42 Å². The summed E-state index contributed by atoms with van der Waals surface area (Å²) < 4.78 is 24.3. The van der Waals surface area contributed by atoms with Crippen LogP contribution in [0.5, 0.6) is 0 Å². The quantitative estimate of drug-likeness (QED) is 0.249. The number of hydrogen-bond donors (Lipinski definition) is 0. The van der Waals surface area contributed by atoms with Crippen molar-refractivity contribution in [3.63, 3.8) is 0 Å². The summed E-state index contributed by atoms with van der Waals surface area (Å²) in [6.07, 6.45) is 0.590. The van der Waals surface area contributed by atoms with Gasteiger partial charge in [-0.3, -0.25) is 4.21 Å². The average Bonchev–Trinajstić information content (AvgIpc) is 1.66. The van der Waals surface area contributed by atoms with E-state index in [2.05, 4.69) is 4.74 Å². The summed E-state index contributed by atoms with van der Waals surface area (Å²) in [6, 6.07) is 0. The molecular formula is C4H9NaO3S. The van der Waals surface area contributed by atoms with Crippen LogP contribution in [0.3, 0.4) is 0 Å². The standard InChI is InChI=1S/C4H10O3S.Na/c1-7-3-2-4-8(5)6;/h2-4H2,1H3,(H,5,6);/q;+1/p-1. The van der Waals surface area contributed by atoms with Gasteiger partial charge >= 0.3 is 29.6 Å². The summed E-state index contributed by atoms with van der Waals surface area (Å²) >= 11 is -1.90. The van der Waals surface area contributed by atoms with E-state index in [0.29, 0.717) is 13.0 Å². The van der Waals surface area contributed by atoms with E-state index < -0.39 is 11.1 Å². The second-order valence-corrected chi connectivity index (χ2v) is 2.37. The molecule has 0 aromatic carbocycles. The van der Waals surface area contributed by atoms with Gasteiger partial charge in [0.1, 0.15) is 0 Å². The van der Waals surface area contributed by atoms with Crippen LogP contribution in [0.15, 0.2) is 0 Å². The molecule has 0 rings (SSSR count). The van der Waals surface area contributed by atoms with Crippen LogP contribution in [0.4, 0.5) is 0 Å². The van der Waals surface area contributed by atoms with E-state index in [1.165, 1.54) is 0 Å². The van der Waals surface area contributed by atoms with Gasteiger partial charge in [0, 0.05) is 19.5 Å². The first-order valence-corrected chi connectivity index (χ1v) is 3.56. The van der Waals surface area contributed by atoms with Gasteiger partial charge in [0.25, 0.3) is 0 Å². The van der Waals surface area contributed by atoms with Crippen LogP contribution in [-0.2, 0) is 15.8 Å². The molecule has 0 radical (unpaired) electrons. The van der Waals surface area contributed by atoms with Crippen molar-refractivity contribution in [1.82, 2.24) is 0 Å². The monoisotopic (exact) mass is 160 g/mol. The zero-order chi connectivity index (χ0) is 6.41. The van der Waals surface area contributed by atoms with E-state index >= 15 is 0 Å². The van der Waals surface area contributed by atoms with E-state index in [1.54, 1.807) is 7.11 Å². The molecule has 0 spiro atoms. The maximum Gasteiger partial charge on any atom is 1.00 e. The zero-order valence-electron chi connectivity index (χ0n) is 5.75. The molecule has 0 aliphatic rings. The predicted octanol–water partition coefficient (Wildman–Crippen LogP) is -3.09. The van der Waals surface area contributed by atoms with Crippen LogP contribution < -0.4 is 29.6 Å². The SMILES string of the molecule is COCCCS(=O)[O-].[Na+]. The largest absolute Gasteiger partial charge is 1.00 e. The molecule has 3 nitrogen and oxygen atoms in total. The van der Waals surface area contributed by atoms with E-state index in [4.69, 9.17) is 0 Å². The summed E-state index contributed by atoms with van der Waals surface area (Å²) in [5, 5.41) is 0. The number of methoxy groups -OCH3 is 1. The van der Waals surface area contributed by atoms with Crippen molar-refractivity contribution in [3.8, 4) is 0 Å². The second-order valence-electron chi connectivity index (χ2n) is 1.35. The summed E-state index contributed by atoms with van der Waals surface area (Å²) in [5.41, 5.74) is 0. The van der Waals surface area contributed by atoms with Gasteiger partial charge in [-0.05, 0) is 6.42 Å². The molecule has 9 heavy (non-hydrogen) atoms. The van der Waals surface area contributed by atoms with Crippen LogP contribution >= 0.6 is 0 Å². The van der Waals surface area contributed by atoms with E-state index in [9.17, 15) is 8.76 Å². The Hall–Kier alpha value is 1.07. The van der Waals surface area contributed by atoms with Crippen LogP contribution in [0, 0.1) is 0 Å². The minimum atomic E-state index is -1.90.